The summed E-state index contributed by atoms with van der Waals surface area (Å²) >= 11 is 1.14. The zero-order valence-electron chi connectivity index (χ0n) is 21.9. The van der Waals surface area contributed by atoms with Crippen LogP contribution in [-0.4, -0.2) is 82.8 Å². The minimum absolute atomic E-state index is 0.145. The van der Waals surface area contributed by atoms with Crippen LogP contribution in [0.5, 0.6) is 0 Å². The second-order valence-corrected chi connectivity index (χ2v) is 8.91. The van der Waals surface area contributed by atoms with E-state index in [1.54, 1.807) is 6.26 Å². The highest BCUT2D eigenvalue weighted by atomic mass is 32.2. The van der Waals surface area contributed by atoms with Crippen LogP contribution < -0.4 is 16.2 Å². The fraction of sp³-hybridized carbons (Fsp3) is 0.591. The van der Waals surface area contributed by atoms with Gasteiger partial charge in [0.05, 0.1) is 0 Å². The molecule has 1 fully saturated rings. The highest BCUT2D eigenvalue weighted by molar-refractivity contribution is 7.98. The Morgan fingerprint density at radius 3 is 1.97 bits per heavy atom. The first-order valence-corrected chi connectivity index (χ1v) is 12.5. The number of carbonyl (C=O) groups is 5. The minimum Gasteiger partial charge on any atom is -0.463 e. The molecular formula is C22H30N4O11S. The smallest absolute Gasteiger partial charge is 0.303 e. The molecule has 5 atom stereocenters. The van der Waals surface area contributed by atoms with Crippen molar-refractivity contribution in [1.29, 1.82) is 0 Å². The minimum atomic E-state index is -1.44. The maximum atomic E-state index is 13.0. The van der Waals surface area contributed by atoms with Crippen molar-refractivity contribution < 1.29 is 47.7 Å². The molecule has 1 amide bonds. The van der Waals surface area contributed by atoms with E-state index >= 15 is 0 Å². The fourth-order valence-electron chi connectivity index (χ4n) is 3.64. The molecule has 0 bridgehead atoms. The zero-order valence-corrected chi connectivity index (χ0v) is 22.7. The van der Waals surface area contributed by atoms with Gasteiger partial charge in [-0.2, -0.15) is 0 Å². The molecule has 0 unspecified atom stereocenters. The van der Waals surface area contributed by atoms with Gasteiger partial charge in [-0.05, 0) is 6.26 Å². The Kier molecular flexibility index (Phi) is 10.6. The molecule has 38 heavy (non-hydrogen) atoms. The summed E-state index contributed by atoms with van der Waals surface area (Å²) in [7, 11) is 1.46. The summed E-state index contributed by atoms with van der Waals surface area (Å²) in [5.41, 5.74) is -0.835. The van der Waals surface area contributed by atoms with Gasteiger partial charge in [0.15, 0.2) is 41.2 Å². The van der Waals surface area contributed by atoms with Crippen LogP contribution in [0.4, 0.5) is 11.5 Å². The van der Waals surface area contributed by atoms with Gasteiger partial charge in [-0.3, -0.25) is 33.3 Å². The van der Waals surface area contributed by atoms with E-state index in [0.717, 1.165) is 39.5 Å². The molecule has 16 heteroatoms. The van der Waals surface area contributed by atoms with E-state index in [1.165, 1.54) is 18.5 Å². The van der Waals surface area contributed by atoms with Crippen LogP contribution >= 0.6 is 11.8 Å². The number of hydrogen-bond acceptors (Lipinski definition) is 14. The molecule has 15 nitrogen and oxygen atoms in total. The number of carbonyl (C=O) groups excluding carboxylic acids is 5. The highest BCUT2D eigenvalue weighted by Gasteiger charge is 2.52. The molecule has 1 saturated heterocycles. The number of anilines is 2. The Labute approximate surface area is 221 Å². The molecule has 1 aromatic heterocycles. The van der Waals surface area contributed by atoms with E-state index in [1.807, 2.05) is 0 Å². The first kappa shape index (κ1) is 30.6. The predicted octanol–water partition coefficient (Wildman–Crippen LogP) is -0.0444. The van der Waals surface area contributed by atoms with Crippen LogP contribution in [0.1, 0.15) is 34.6 Å². The normalized spacial score (nSPS) is 22.6. The van der Waals surface area contributed by atoms with Gasteiger partial charge in [0, 0.05) is 41.7 Å². The molecule has 1 aliphatic heterocycles. The molecule has 0 spiro atoms. The third kappa shape index (κ3) is 7.92. The van der Waals surface area contributed by atoms with Crippen molar-refractivity contribution in [2.24, 2.45) is 7.05 Å². The van der Waals surface area contributed by atoms with E-state index < -0.39 is 72.6 Å². The number of rotatable bonds is 9. The molecule has 0 aliphatic carbocycles. The van der Waals surface area contributed by atoms with Crippen molar-refractivity contribution in [1.82, 2.24) is 9.55 Å². The third-order valence-electron chi connectivity index (χ3n) is 5.00. The Hall–Kier alpha value is -3.66. The second-order valence-electron chi connectivity index (χ2n) is 8.13. The molecule has 0 aromatic carbocycles. The van der Waals surface area contributed by atoms with Gasteiger partial charge in [0.2, 0.25) is 5.91 Å². The van der Waals surface area contributed by atoms with Crippen LogP contribution in [0.15, 0.2) is 9.95 Å². The number of nitrogens with zero attached hydrogens (tertiary/aromatic N) is 2. The number of hydrogen-bond donors (Lipinski definition) is 2. The molecule has 2 rings (SSSR count). The largest absolute Gasteiger partial charge is 0.463 e. The fourth-order valence-corrected chi connectivity index (χ4v) is 4.18. The third-order valence-corrected chi connectivity index (χ3v) is 5.73. The second kappa shape index (κ2) is 13.2. The van der Waals surface area contributed by atoms with E-state index in [9.17, 15) is 28.8 Å². The van der Waals surface area contributed by atoms with Gasteiger partial charge in [0.25, 0.3) is 5.56 Å². The Morgan fingerprint density at radius 1 is 0.921 bits per heavy atom. The van der Waals surface area contributed by atoms with Gasteiger partial charge in [0.1, 0.15) is 12.7 Å². The Bertz CT molecular complexity index is 1150. The molecule has 0 saturated carbocycles. The van der Waals surface area contributed by atoms with Crippen molar-refractivity contribution in [3.8, 4) is 0 Å². The van der Waals surface area contributed by atoms with Crippen molar-refractivity contribution in [3.63, 3.8) is 0 Å². The summed E-state index contributed by atoms with van der Waals surface area (Å²) in [6.45, 7) is 5.20. The lowest BCUT2D eigenvalue weighted by molar-refractivity contribution is -0.247. The molecule has 1 aliphatic rings. The van der Waals surface area contributed by atoms with Gasteiger partial charge < -0.3 is 34.3 Å². The maximum Gasteiger partial charge on any atom is 0.303 e. The van der Waals surface area contributed by atoms with Crippen molar-refractivity contribution >= 4 is 53.1 Å². The zero-order chi connectivity index (χ0) is 28.7. The molecule has 2 N–H and O–H groups in total. The lowest BCUT2D eigenvalue weighted by Crippen LogP contribution is -2.64. The standard InChI is InChI=1S/C22H30N4O11S/c1-9(27)23-15-19(25-22(38-7)26(6)21(15)32)24-20-18(36-13(5)31)17(35-12(4)30)16(34-11(3)29)14(37-20)8-33-10(2)28/h14,16-18,20,24H,8H2,1-7H3,(H,23,27)/t14-,16-,17+,18-,20-/m1/s1. The number of amides is 1. The van der Waals surface area contributed by atoms with Gasteiger partial charge in [-0.25, -0.2) is 4.98 Å². The summed E-state index contributed by atoms with van der Waals surface area (Å²) in [4.78, 5) is 76.6. The van der Waals surface area contributed by atoms with E-state index in [4.69, 9.17) is 23.7 Å². The number of aromatic nitrogens is 2. The lowest BCUT2D eigenvalue weighted by Gasteiger charge is -2.44. The first-order valence-electron chi connectivity index (χ1n) is 11.2. The molecular weight excluding hydrogens is 528 g/mol. The van der Waals surface area contributed by atoms with Crippen LogP contribution in [0, 0.1) is 0 Å². The molecule has 2 heterocycles. The number of thioether (sulfide) groups is 1. The first-order chi connectivity index (χ1) is 17.7. The lowest BCUT2D eigenvalue weighted by atomic mass is 9.97. The van der Waals surface area contributed by atoms with Crippen LogP contribution in [-0.2, 0) is 54.7 Å². The average molecular weight is 559 g/mol. The predicted molar refractivity (Wildman–Crippen MR) is 131 cm³/mol. The summed E-state index contributed by atoms with van der Waals surface area (Å²) < 4.78 is 28.4. The van der Waals surface area contributed by atoms with Crippen LogP contribution in [0.2, 0.25) is 0 Å². The Morgan fingerprint density at radius 2 is 1.47 bits per heavy atom. The van der Waals surface area contributed by atoms with Crippen molar-refractivity contribution in [2.75, 3.05) is 23.5 Å². The van der Waals surface area contributed by atoms with Gasteiger partial charge in [-0.1, -0.05) is 11.8 Å². The van der Waals surface area contributed by atoms with Crippen LogP contribution in [0.25, 0.3) is 0 Å². The molecule has 1 aromatic rings. The monoisotopic (exact) mass is 558 g/mol. The van der Waals surface area contributed by atoms with Crippen molar-refractivity contribution in [3.05, 3.63) is 10.4 Å². The summed E-state index contributed by atoms with van der Waals surface area (Å²) in [6.07, 6.45) is -5.15. The molecule has 0 radical (unpaired) electrons. The van der Waals surface area contributed by atoms with E-state index in [-0.39, 0.29) is 16.7 Å². The van der Waals surface area contributed by atoms with E-state index in [0.29, 0.717) is 0 Å². The van der Waals surface area contributed by atoms with Crippen molar-refractivity contribution in [2.45, 2.75) is 70.4 Å². The maximum absolute atomic E-state index is 13.0. The van der Waals surface area contributed by atoms with Gasteiger partial charge in [-0.15, -0.1) is 0 Å². The highest BCUT2D eigenvalue weighted by Crippen LogP contribution is 2.31. The van der Waals surface area contributed by atoms with E-state index in [2.05, 4.69) is 15.6 Å². The Balaban J connectivity index is 2.66. The number of esters is 4. The number of nitrogens with one attached hydrogen (secondary N) is 2. The summed E-state index contributed by atoms with van der Waals surface area (Å²) in [5, 5.41) is 5.50. The molecule has 210 valence electrons. The van der Waals surface area contributed by atoms with Crippen LogP contribution in [0.3, 0.4) is 0 Å². The average Bonchev–Trinajstić information content (AvgIpc) is 2.79. The van der Waals surface area contributed by atoms with Gasteiger partial charge >= 0.3 is 23.9 Å². The number of ether oxygens (including phenoxy) is 5. The quantitative estimate of drug-likeness (QED) is 0.177. The summed E-state index contributed by atoms with van der Waals surface area (Å²) in [5.74, 6) is -3.75. The SMILES string of the molecule is CSc1nc(N[C@@H]2O[C@H](COC(C)=O)[C@@H](OC(C)=O)[C@H](OC(C)=O)[C@H]2OC(C)=O)c(NC(C)=O)c(=O)n1C. The summed E-state index contributed by atoms with van der Waals surface area (Å²) in [6, 6.07) is 0. The topological polar surface area (TPSA) is 190 Å².